The maximum atomic E-state index is 13.8. The van der Waals surface area contributed by atoms with Gasteiger partial charge in [0.1, 0.15) is 0 Å². The number of aryl methyl sites for hydroxylation is 2. The lowest BCUT2D eigenvalue weighted by Gasteiger charge is -2.37. The van der Waals surface area contributed by atoms with Crippen LogP contribution in [0.3, 0.4) is 0 Å². The molecular weight excluding hydrogens is 343 g/mol. The summed E-state index contributed by atoms with van der Waals surface area (Å²) < 4.78 is 18.7. The van der Waals surface area contributed by atoms with Gasteiger partial charge >= 0.3 is 0 Å². The van der Waals surface area contributed by atoms with E-state index in [1.165, 1.54) is 30.0 Å². The van der Waals surface area contributed by atoms with E-state index in [4.69, 9.17) is 4.74 Å². The van der Waals surface area contributed by atoms with E-state index in [1.807, 2.05) is 11.0 Å². The van der Waals surface area contributed by atoms with Crippen molar-refractivity contribution in [3.8, 4) is 5.75 Å². The molecule has 1 aliphatic rings. The second kappa shape index (κ2) is 8.42. The van der Waals surface area contributed by atoms with E-state index in [2.05, 4.69) is 36.9 Å². The van der Waals surface area contributed by atoms with Crippen LogP contribution in [-0.2, 0) is 11.2 Å². The van der Waals surface area contributed by atoms with Gasteiger partial charge in [-0.15, -0.1) is 0 Å². The van der Waals surface area contributed by atoms with Gasteiger partial charge in [-0.3, -0.25) is 4.79 Å². The van der Waals surface area contributed by atoms with E-state index >= 15 is 0 Å². The van der Waals surface area contributed by atoms with Crippen molar-refractivity contribution in [2.45, 2.75) is 26.7 Å². The first-order valence-electron chi connectivity index (χ1n) is 9.41. The van der Waals surface area contributed by atoms with Gasteiger partial charge < -0.3 is 14.5 Å². The van der Waals surface area contributed by atoms with Crippen LogP contribution in [0.15, 0.2) is 36.4 Å². The summed E-state index contributed by atoms with van der Waals surface area (Å²) in [6, 6.07) is 11.2. The number of carbonyl (C=O) groups is 1. The molecule has 1 fully saturated rings. The van der Waals surface area contributed by atoms with E-state index in [-0.39, 0.29) is 17.5 Å². The van der Waals surface area contributed by atoms with E-state index in [9.17, 15) is 9.18 Å². The van der Waals surface area contributed by atoms with Crippen LogP contribution in [0.25, 0.3) is 0 Å². The minimum atomic E-state index is -0.385. The average Bonchev–Trinajstić information content (AvgIpc) is 2.68. The molecule has 144 valence electrons. The summed E-state index contributed by atoms with van der Waals surface area (Å²) in [5, 5.41) is 0. The lowest BCUT2D eigenvalue weighted by atomic mass is 10.1. The van der Waals surface area contributed by atoms with Crippen LogP contribution in [0, 0.1) is 19.7 Å². The predicted octanol–water partition coefficient (Wildman–Crippen LogP) is 3.73. The van der Waals surface area contributed by atoms with Gasteiger partial charge in [-0.25, -0.2) is 4.39 Å². The van der Waals surface area contributed by atoms with Crippen molar-refractivity contribution in [2.75, 3.05) is 38.2 Å². The highest BCUT2D eigenvalue weighted by Crippen LogP contribution is 2.24. The van der Waals surface area contributed by atoms with Crippen LogP contribution in [0.5, 0.6) is 5.75 Å². The molecule has 0 unspecified atom stereocenters. The topological polar surface area (TPSA) is 32.8 Å². The standard InChI is InChI=1S/C22H27FN2O2/c1-16-5-4-6-20(17(16)2)24-11-13-25(14-12-24)22(26)10-8-18-7-9-21(27-3)19(23)15-18/h4-7,9,15H,8,10-14H2,1-3H3. The Morgan fingerprint density at radius 2 is 1.85 bits per heavy atom. The van der Waals surface area contributed by atoms with Crippen molar-refractivity contribution in [2.24, 2.45) is 0 Å². The first-order chi connectivity index (χ1) is 13.0. The van der Waals surface area contributed by atoms with E-state index in [1.54, 1.807) is 6.07 Å². The molecule has 0 aliphatic carbocycles. The number of nitrogens with zero attached hydrogens (tertiary/aromatic N) is 2. The van der Waals surface area contributed by atoms with E-state index < -0.39 is 0 Å². The molecule has 1 saturated heterocycles. The Balaban J connectivity index is 1.53. The minimum absolute atomic E-state index is 0.131. The molecular formula is C22H27FN2O2. The fraction of sp³-hybridized carbons (Fsp3) is 0.409. The number of rotatable bonds is 5. The number of carbonyl (C=O) groups excluding carboxylic acids is 1. The summed E-state index contributed by atoms with van der Waals surface area (Å²) in [7, 11) is 1.44. The van der Waals surface area contributed by atoms with Gasteiger partial charge in [-0.1, -0.05) is 18.2 Å². The van der Waals surface area contributed by atoms with Gasteiger partial charge in [0.05, 0.1) is 7.11 Å². The molecule has 1 amide bonds. The molecule has 1 aliphatic heterocycles. The molecule has 0 atom stereocenters. The highest BCUT2D eigenvalue weighted by atomic mass is 19.1. The Morgan fingerprint density at radius 3 is 2.52 bits per heavy atom. The Hall–Kier alpha value is -2.56. The molecule has 3 rings (SSSR count). The zero-order valence-corrected chi connectivity index (χ0v) is 16.3. The Bertz CT molecular complexity index is 814. The summed E-state index contributed by atoms with van der Waals surface area (Å²) in [4.78, 5) is 16.8. The van der Waals surface area contributed by atoms with Crippen LogP contribution in [0.2, 0.25) is 0 Å². The lowest BCUT2D eigenvalue weighted by Crippen LogP contribution is -2.49. The minimum Gasteiger partial charge on any atom is -0.494 e. The molecule has 0 aromatic heterocycles. The molecule has 0 bridgehead atoms. The lowest BCUT2D eigenvalue weighted by molar-refractivity contribution is -0.131. The van der Waals surface area contributed by atoms with E-state index in [0.717, 1.165) is 31.7 Å². The molecule has 1 heterocycles. The molecule has 0 N–H and O–H groups in total. The number of anilines is 1. The molecule has 0 radical (unpaired) electrons. The number of halogens is 1. The molecule has 4 nitrogen and oxygen atoms in total. The maximum absolute atomic E-state index is 13.8. The first kappa shape index (κ1) is 19.2. The van der Waals surface area contributed by atoms with Crippen LogP contribution in [0.4, 0.5) is 10.1 Å². The molecule has 2 aromatic rings. The van der Waals surface area contributed by atoms with Crippen molar-refractivity contribution in [3.05, 3.63) is 58.9 Å². The Labute approximate surface area is 160 Å². The van der Waals surface area contributed by atoms with Crippen LogP contribution < -0.4 is 9.64 Å². The zero-order valence-electron chi connectivity index (χ0n) is 16.3. The maximum Gasteiger partial charge on any atom is 0.223 e. The molecule has 0 saturated carbocycles. The largest absolute Gasteiger partial charge is 0.494 e. The van der Waals surface area contributed by atoms with Crippen LogP contribution in [-0.4, -0.2) is 44.1 Å². The smallest absolute Gasteiger partial charge is 0.223 e. The first-order valence-corrected chi connectivity index (χ1v) is 9.41. The van der Waals surface area contributed by atoms with E-state index in [0.29, 0.717) is 12.8 Å². The summed E-state index contributed by atoms with van der Waals surface area (Å²) in [6.07, 6.45) is 0.937. The van der Waals surface area contributed by atoms with Crippen LogP contribution in [0.1, 0.15) is 23.1 Å². The second-order valence-electron chi connectivity index (χ2n) is 7.06. The number of hydrogen-bond donors (Lipinski definition) is 0. The number of benzene rings is 2. The monoisotopic (exact) mass is 370 g/mol. The third-order valence-electron chi connectivity index (χ3n) is 5.39. The normalized spacial score (nSPS) is 14.4. The summed E-state index contributed by atoms with van der Waals surface area (Å²) >= 11 is 0. The van der Waals surface area contributed by atoms with Gasteiger partial charge in [0, 0.05) is 38.3 Å². The van der Waals surface area contributed by atoms with Gasteiger partial charge in [-0.2, -0.15) is 0 Å². The second-order valence-corrected chi connectivity index (χ2v) is 7.06. The SMILES string of the molecule is COc1ccc(CCC(=O)N2CCN(c3cccc(C)c3C)CC2)cc1F. The summed E-state index contributed by atoms with van der Waals surface area (Å²) in [5.41, 5.74) is 4.67. The number of ether oxygens (including phenoxy) is 1. The van der Waals surface area contributed by atoms with Crippen molar-refractivity contribution < 1.29 is 13.9 Å². The quantitative estimate of drug-likeness (QED) is 0.804. The number of amides is 1. The fourth-order valence-corrected chi connectivity index (χ4v) is 3.55. The number of methoxy groups -OCH3 is 1. The molecule has 5 heteroatoms. The zero-order chi connectivity index (χ0) is 19.4. The summed E-state index contributed by atoms with van der Waals surface area (Å²) in [5.74, 6) is -0.0240. The third-order valence-corrected chi connectivity index (χ3v) is 5.39. The molecule has 0 spiro atoms. The van der Waals surface area contributed by atoms with Gasteiger partial charge in [0.2, 0.25) is 5.91 Å². The van der Waals surface area contributed by atoms with Crippen molar-refractivity contribution in [1.82, 2.24) is 4.90 Å². The number of hydrogen-bond acceptors (Lipinski definition) is 3. The third kappa shape index (κ3) is 4.41. The highest BCUT2D eigenvalue weighted by molar-refractivity contribution is 5.77. The van der Waals surface area contributed by atoms with Gasteiger partial charge in [0.25, 0.3) is 0 Å². The Kier molecular flexibility index (Phi) is 5.99. The molecule has 27 heavy (non-hydrogen) atoms. The van der Waals surface area contributed by atoms with Crippen LogP contribution >= 0.6 is 0 Å². The van der Waals surface area contributed by atoms with Gasteiger partial charge in [-0.05, 0) is 55.2 Å². The Morgan fingerprint density at radius 1 is 1.11 bits per heavy atom. The van der Waals surface area contributed by atoms with Gasteiger partial charge in [0.15, 0.2) is 11.6 Å². The van der Waals surface area contributed by atoms with Crippen molar-refractivity contribution in [1.29, 1.82) is 0 Å². The predicted molar refractivity (Wildman–Crippen MR) is 106 cm³/mol. The highest BCUT2D eigenvalue weighted by Gasteiger charge is 2.22. The average molecular weight is 370 g/mol. The number of piperazine rings is 1. The summed E-state index contributed by atoms with van der Waals surface area (Å²) in [6.45, 7) is 7.41. The fourth-order valence-electron chi connectivity index (χ4n) is 3.55. The van der Waals surface area contributed by atoms with Crippen molar-refractivity contribution >= 4 is 11.6 Å². The van der Waals surface area contributed by atoms with Crippen molar-refractivity contribution in [3.63, 3.8) is 0 Å². The molecule has 2 aromatic carbocycles.